The van der Waals surface area contributed by atoms with Gasteiger partial charge >= 0.3 is 0 Å². The Morgan fingerprint density at radius 3 is 2.48 bits per heavy atom. The fourth-order valence-electron chi connectivity index (χ4n) is 2.84. The standard InChI is InChI=1S/C16H22BrN3O/c1-11-6-4-5-7-13(11)16(9-18,10-21)8-14-15(17)12(2)19-20(14)3/h4-7,21H,8-10,18H2,1-3H3. The second kappa shape index (κ2) is 6.30. The van der Waals surface area contributed by atoms with Crippen LogP contribution in [0.5, 0.6) is 0 Å². The van der Waals surface area contributed by atoms with Gasteiger partial charge in [0, 0.05) is 25.4 Å². The van der Waals surface area contributed by atoms with Crippen LogP contribution < -0.4 is 5.73 Å². The van der Waals surface area contributed by atoms with Crippen LogP contribution in [0.15, 0.2) is 28.7 Å². The molecule has 1 aromatic heterocycles. The van der Waals surface area contributed by atoms with Crippen LogP contribution in [0.4, 0.5) is 0 Å². The zero-order chi connectivity index (χ0) is 15.6. The van der Waals surface area contributed by atoms with Crippen molar-refractivity contribution in [1.82, 2.24) is 9.78 Å². The molecule has 5 heteroatoms. The van der Waals surface area contributed by atoms with Gasteiger partial charge in [0.1, 0.15) is 0 Å². The normalized spacial score (nSPS) is 14.2. The predicted octanol–water partition coefficient (Wildman–Crippen LogP) is 2.23. The van der Waals surface area contributed by atoms with Crippen LogP contribution in [0.3, 0.4) is 0 Å². The van der Waals surface area contributed by atoms with Crippen LogP contribution in [0.2, 0.25) is 0 Å². The maximum absolute atomic E-state index is 10.1. The highest BCUT2D eigenvalue weighted by atomic mass is 79.9. The van der Waals surface area contributed by atoms with Crippen molar-refractivity contribution in [3.8, 4) is 0 Å². The van der Waals surface area contributed by atoms with Crippen molar-refractivity contribution >= 4 is 15.9 Å². The lowest BCUT2D eigenvalue weighted by atomic mass is 9.75. The van der Waals surface area contributed by atoms with E-state index in [0.717, 1.165) is 27.0 Å². The molecule has 0 radical (unpaired) electrons. The zero-order valence-corrected chi connectivity index (χ0v) is 14.3. The molecule has 0 aliphatic heterocycles. The van der Waals surface area contributed by atoms with E-state index in [2.05, 4.69) is 40.1 Å². The highest BCUT2D eigenvalue weighted by molar-refractivity contribution is 9.10. The molecule has 0 saturated heterocycles. The Kier molecular flexibility index (Phi) is 4.86. The van der Waals surface area contributed by atoms with Crippen molar-refractivity contribution in [1.29, 1.82) is 0 Å². The summed E-state index contributed by atoms with van der Waals surface area (Å²) in [7, 11) is 1.92. The molecule has 3 N–H and O–H groups in total. The molecular weight excluding hydrogens is 330 g/mol. The number of nitrogens with zero attached hydrogens (tertiary/aromatic N) is 2. The van der Waals surface area contributed by atoms with Gasteiger partial charge in [-0.2, -0.15) is 5.10 Å². The third-order valence-electron chi connectivity index (χ3n) is 4.18. The summed E-state index contributed by atoms with van der Waals surface area (Å²) < 4.78 is 2.85. The Hall–Kier alpha value is -1.17. The number of nitrogens with two attached hydrogens (primary N) is 1. The van der Waals surface area contributed by atoms with Gasteiger partial charge in [-0.3, -0.25) is 4.68 Å². The van der Waals surface area contributed by atoms with Gasteiger partial charge in [0.15, 0.2) is 0 Å². The summed E-state index contributed by atoms with van der Waals surface area (Å²) in [5.41, 5.74) is 9.82. The number of aromatic nitrogens is 2. The van der Waals surface area contributed by atoms with Gasteiger partial charge in [0.25, 0.3) is 0 Å². The summed E-state index contributed by atoms with van der Waals surface area (Å²) in [4.78, 5) is 0. The van der Waals surface area contributed by atoms with Gasteiger partial charge < -0.3 is 10.8 Å². The fraction of sp³-hybridized carbons (Fsp3) is 0.438. The maximum atomic E-state index is 10.1. The predicted molar refractivity (Wildman–Crippen MR) is 88.3 cm³/mol. The van der Waals surface area contributed by atoms with Gasteiger partial charge in [-0.1, -0.05) is 24.3 Å². The van der Waals surface area contributed by atoms with Crippen molar-refractivity contribution in [3.05, 3.63) is 51.3 Å². The molecule has 1 aromatic carbocycles. The van der Waals surface area contributed by atoms with Gasteiger partial charge in [-0.15, -0.1) is 0 Å². The number of aliphatic hydroxyl groups excluding tert-OH is 1. The summed E-state index contributed by atoms with van der Waals surface area (Å²) in [6, 6.07) is 8.10. The molecule has 2 rings (SSSR count). The minimum absolute atomic E-state index is 0.00498. The minimum Gasteiger partial charge on any atom is -0.395 e. The van der Waals surface area contributed by atoms with Crippen LogP contribution in [-0.2, 0) is 18.9 Å². The van der Waals surface area contributed by atoms with Crippen molar-refractivity contribution in [2.24, 2.45) is 12.8 Å². The smallest absolute Gasteiger partial charge is 0.0738 e. The van der Waals surface area contributed by atoms with Crippen molar-refractivity contribution in [2.45, 2.75) is 25.7 Å². The highest BCUT2D eigenvalue weighted by Gasteiger charge is 2.34. The van der Waals surface area contributed by atoms with Crippen molar-refractivity contribution in [2.75, 3.05) is 13.2 Å². The first-order chi connectivity index (χ1) is 9.95. The maximum Gasteiger partial charge on any atom is 0.0738 e. The van der Waals surface area contributed by atoms with Crippen LogP contribution in [0.1, 0.15) is 22.5 Å². The molecule has 21 heavy (non-hydrogen) atoms. The molecule has 0 aliphatic carbocycles. The Labute approximate surface area is 134 Å². The lowest BCUT2D eigenvalue weighted by Gasteiger charge is -2.32. The third kappa shape index (κ3) is 2.91. The SMILES string of the molecule is Cc1ccccc1C(CN)(CO)Cc1c(Br)c(C)nn1C. The number of hydrogen-bond acceptors (Lipinski definition) is 3. The van der Waals surface area contributed by atoms with Gasteiger partial charge in [0.05, 0.1) is 22.5 Å². The van der Waals surface area contributed by atoms with E-state index in [9.17, 15) is 5.11 Å². The Morgan fingerprint density at radius 1 is 1.33 bits per heavy atom. The molecule has 2 aromatic rings. The lowest BCUT2D eigenvalue weighted by Crippen LogP contribution is -2.42. The van der Waals surface area contributed by atoms with Crippen molar-refractivity contribution < 1.29 is 5.11 Å². The minimum atomic E-state index is -0.492. The van der Waals surface area contributed by atoms with E-state index in [1.807, 2.05) is 30.8 Å². The van der Waals surface area contributed by atoms with Crippen LogP contribution >= 0.6 is 15.9 Å². The molecule has 0 fully saturated rings. The molecule has 1 heterocycles. The first-order valence-corrected chi connectivity index (χ1v) is 7.79. The van der Waals surface area contributed by atoms with E-state index >= 15 is 0 Å². The topological polar surface area (TPSA) is 64.1 Å². The van der Waals surface area contributed by atoms with E-state index in [-0.39, 0.29) is 6.61 Å². The summed E-state index contributed by atoms with van der Waals surface area (Å²) in [6.45, 7) is 4.40. The van der Waals surface area contributed by atoms with Crippen LogP contribution in [-0.4, -0.2) is 28.0 Å². The molecule has 0 bridgehead atoms. The lowest BCUT2D eigenvalue weighted by molar-refractivity contribution is 0.193. The van der Waals surface area contributed by atoms with E-state index in [1.54, 1.807) is 0 Å². The first-order valence-electron chi connectivity index (χ1n) is 7.00. The largest absolute Gasteiger partial charge is 0.395 e. The average Bonchev–Trinajstić information content (AvgIpc) is 2.71. The van der Waals surface area contributed by atoms with E-state index < -0.39 is 5.41 Å². The summed E-state index contributed by atoms with van der Waals surface area (Å²) in [6.07, 6.45) is 0.642. The summed E-state index contributed by atoms with van der Waals surface area (Å²) >= 11 is 3.60. The number of aryl methyl sites for hydroxylation is 3. The number of hydrogen-bond donors (Lipinski definition) is 2. The van der Waals surface area contributed by atoms with Gasteiger partial charge in [-0.05, 0) is 40.9 Å². The fourth-order valence-corrected chi connectivity index (χ4v) is 3.32. The Morgan fingerprint density at radius 2 is 2.00 bits per heavy atom. The number of aliphatic hydroxyl groups is 1. The molecule has 1 atom stereocenters. The van der Waals surface area contributed by atoms with Gasteiger partial charge in [0.2, 0.25) is 0 Å². The first kappa shape index (κ1) is 16.2. The van der Waals surface area contributed by atoms with Gasteiger partial charge in [-0.25, -0.2) is 0 Å². The van der Waals surface area contributed by atoms with E-state index in [0.29, 0.717) is 13.0 Å². The van der Waals surface area contributed by atoms with E-state index in [4.69, 9.17) is 5.73 Å². The zero-order valence-electron chi connectivity index (χ0n) is 12.7. The molecule has 1 unspecified atom stereocenters. The Balaban J connectivity index is 2.51. The van der Waals surface area contributed by atoms with Crippen LogP contribution in [0.25, 0.3) is 0 Å². The number of rotatable bonds is 5. The van der Waals surface area contributed by atoms with E-state index in [1.165, 1.54) is 0 Å². The molecule has 114 valence electrons. The monoisotopic (exact) mass is 351 g/mol. The quantitative estimate of drug-likeness (QED) is 0.867. The second-order valence-electron chi connectivity index (χ2n) is 5.60. The number of halogens is 1. The Bertz CT molecular complexity index is 632. The molecule has 0 spiro atoms. The molecular formula is C16H22BrN3O. The third-order valence-corrected chi connectivity index (χ3v) is 5.21. The van der Waals surface area contributed by atoms with Crippen molar-refractivity contribution in [3.63, 3.8) is 0 Å². The van der Waals surface area contributed by atoms with Crippen LogP contribution in [0, 0.1) is 13.8 Å². The summed E-state index contributed by atoms with van der Waals surface area (Å²) in [5, 5.41) is 14.5. The molecule has 0 saturated carbocycles. The number of benzene rings is 1. The molecule has 0 amide bonds. The highest BCUT2D eigenvalue weighted by Crippen LogP contribution is 2.33. The second-order valence-corrected chi connectivity index (χ2v) is 6.40. The summed E-state index contributed by atoms with van der Waals surface area (Å²) in [5.74, 6) is 0. The molecule has 0 aliphatic rings. The average molecular weight is 352 g/mol. The molecule has 4 nitrogen and oxygen atoms in total.